The van der Waals surface area contributed by atoms with Crippen molar-refractivity contribution in [2.75, 3.05) is 6.61 Å². The molecule has 0 saturated carbocycles. The quantitative estimate of drug-likeness (QED) is 0.506. The van der Waals surface area contributed by atoms with Gasteiger partial charge in [0.25, 0.3) is 0 Å². The van der Waals surface area contributed by atoms with Gasteiger partial charge in [0.05, 0.1) is 6.61 Å². The fourth-order valence-electron chi connectivity index (χ4n) is 2.81. The van der Waals surface area contributed by atoms with Crippen molar-refractivity contribution >= 4 is 10.8 Å². The molecule has 0 N–H and O–H groups in total. The van der Waals surface area contributed by atoms with Crippen molar-refractivity contribution in [1.82, 2.24) is 0 Å². The molecule has 0 radical (unpaired) electrons. The Morgan fingerprint density at radius 1 is 0.870 bits per heavy atom. The summed E-state index contributed by atoms with van der Waals surface area (Å²) in [6, 6.07) is 21.6. The molecule has 0 aliphatic heterocycles. The van der Waals surface area contributed by atoms with E-state index in [1.807, 2.05) is 25.1 Å². The summed E-state index contributed by atoms with van der Waals surface area (Å²) in [7, 11) is 0. The monoisotopic (exact) mass is 302 g/mol. The van der Waals surface area contributed by atoms with Crippen molar-refractivity contribution in [3.63, 3.8) is 0 Å². The van der Waals surface area contributed by atoms with Gasteiger partial charge in [0.2, 0.25) is 0 Å². The Kier molecular flexibility index (Phi) is 4.77. The Morgan fingerprint density at radius 2 is 1.57 bits per heavy atom. The van der Waals surface area contributed by atoms with Crippen LogP contribution in [0.25, 0.3) is 21.9 Å². The Labute approximate surface area is 138 Å². The van der Waals surface area contributed by atoms with Crippen molar-refractivity contribution in [1.29, 1.82) is 0 Å². The topological polar surface area (TPSA) is 9.23 Å². The third-order valence-corrected chi connectivity index (χ3v) is 4.04. The minimum Gasteiger partial charge on any atom is -0.494 e. The average molecular weight is 302 g/mol. The first-order valence-corrected chi connectivity index (χ1v) is 8.17. The SMILES string of the molecule is C=CCCc1ccc2cc(-c3ccc(OCC)cc3)ccc2c1. The van der Waals surface area contributed by atoms with Crippen LogP contribution in [-0.2, 0) is 6.42 Å². The van der Waals surface area contributed by atoms with Gasteiger partial charge in [-0.1, -0.05) is 48.5 Å². The number of hydrogen-bond acceptors (Lipinski definition) is 1. The number of allylic oxidation sites excluding steroid dienone is 1. The van der Waals surface area contributed by atoms with Crippen LogP contribution in [0.3, 0.4) is 0 Å². The van der Waals surface area contributed by atoms with Gasteiger partial charge in [-0.15, -0.1) is 6.58 Å². The van der Waals surface area contributed by atoms with E-state index in [1.165, 1.54) is 27.5 Å². The molecule has 0 bridgehead atoms. The summed E-state index contributed by atoms with van der Waals surface area (Å²) in [5.74, 6) is 0.920. The number of aryl methyl sites for hydroxylation is 1. The predicted molar refractivity (Wildman–Crippen MR) is 99.1 cm³/mol. The first-order chi connectivity index (χ1) is 11.3. The Balaban J connectivity index is 1.88. The van der Waals surface area contributed by atoms with Gasteiger partial charge in [-0.05, 0) is 65.4 Å². The number of hydrogen-bond donors (Lipinski definition) is 0. The van der Waals surface area contributed by atoms with E-state index in [9.17, 15) is 0 Å². The predicted octanol–water partition coefficient (Wildman–Crippen LogP) is 6.02. The van der Waals surface area contributed by atoms with E-state index >= 15 is 0 Å². The summed E-state index contributed by atoms with van der Waals surface area (Å²) in [4.78, 5) is 0. The molecule has 0 amide bonds. The first kappa shape index (κ1) is 15.4. The number of ether oxygens (including phenoxy) is 1. The Hall–Kier alpha value is -2.54. The maximum atomic E-state index is 5.51. The normalized spacial score (nSPS) is 10.7. The number of fused-ring (bicyclic) bond motifs is 1. The van der Waals surface area contributed by atoms with E-state index in [0.717, 1.165) is 18.6 Å². The fourth-order valence-corrected chi connectivity index (χ4v) is 2.81. The highest BCUT2D eigenvalue weighted by molar-refractivity contribution is 5.87. The molecule has 116 valence electrons. The maximum Gasteiger partial charge on any atom is 0.119 e. The van der Waals surface area contributed by atoms with E-state index in [1.54, 1.807) is 0 Å². The van der Waals surface area contributed by atoms with Gasteiger partial charge in [-0.2, -0.15) is 0 Å². The van der Waals surface area contributed by atoms with Crippen LogP contribution in [-0.4, -0.2) is 6.61 Å². The lowest BCUT2D eigenvalue weighted by atomic mass is 9.99. The van der Waals surface area contributed by atoms with Crippen LogP contribution in [0.1, 0.15) is 18.9 Å². The van der Waals surface area contributed by atoms with Crippen LogP contribution in [0.4, 0.5) is 0 Å². The summed E-state index contributed by atoms with van der Waals surface area (Å²) in [5, 5.41) is 2.57. The van der Waals surface area contributed by atoms with Crippen molar-refractivity contribution < 1.29 is 4.74 Å². The van der Waals surface area contributed by atoms with E-state index in [0.29, 0.717) is 6.61 Å². The van der Waals surface area contributed by atoms with E-state index in [4.69, 9.17) is 4.74 Å². The van der Waals surface area contributed by atoms with Gasteiger partial charge in [0.1, 0.15) is 5.75 Å². The molecule has 1 heteroatoms. The molecule has 23 heavy (non-hydrogen) atoms. The summed E-state index contributed by atoms with van der Waals surface area (Å²) in [5.41, 5.74) is 3.82. The molecule has 0 saturated heterocycles. The molecule has 1 nitrogen and oxygen atoms in total. The lowest BCUT2D eigenvalue weighted by Gasteiger charge is -2.08. The molecule has 3 rings (SSSR count). The molecule has 0 spiro atoms. The largest absolute Gasteiger partial charge is 0.494 e. The molecule has 3 aromatic carbocycles. The smallest absolute Gasteiger partial charge is 0.119 e. The van der Waals surface area contributed by atoms with Gasteiger partial charge in [0, 0.05) is 0 Å². The van der Waals surface area contributed by atoms with E-state index in [-0.39, 0.29) is 0 Å². The third-order valence-electron chi connectivity index (χ3n) is 4.04. The molecule has 0 aliphatic rings. The molecule has 0 fully saturated rings. The van der Waals surface area contributed by atoms with E-state index < -0.39 is 0 Å². The maximum absolute atomic E-state index is 5.51. The van der Waals surface area contributed by atoms with Crippen molar-refractivity contribution in [3.8, 4) is 16.9 Å². The Morgan fingerprint density at radius 3 is 2.30 bits per heavy atom. The van der Waals surface area contributed by atoms with Gasteiger partial charge >= 0.3 is 0 Å². The molecular formula is C22H22O. The second kappa shape index (κ2) is 7.15. The highest BCUT2D eigenvalue weighted by Crippen LogP contribution is 2.27. The highest BCUT2D eigenvalue weighted by atomic mass is 16.5. The van der Waals surface area contributed by atoms with Crippen LogP contribution in [0.5, 0.6) is 5.75 Å². The van der Waals surface area contributed by atoms with Crippen LogP contribution in [0, 0.1) is 0 Å². The van der Waals surface area contributed by atoms with Gasteiger partial charge in [-0.25, -0.2) is 0 Å². The summed E-state index contributed by atoms with van der Waals surface area (Å²) in [6.45, 7) is 6.49. The molecular weight excluding hydrogens is 280 g/mol. The van der Waals surface area contributed by atoms with Crippen molar-refractivity contribution in [2.24, 2.45) is 0 Å². The number of rotatable bonds is 6. The zero-order chi connectivity index (χ0) is 16.1. The zero-order valence-electron chi connectivity index (χ0n) is 13.6. The van der Waals surface area contributed by atoms with Crippen molar-refractivity contribution in [2.45, 2.75) is 19.8 Å². The summed E-state index contributed by atoms with van der Waals surface area (Å²) in [6.07, 6.45) is 4.05. The van der Waals surface area contributed by atoms with Gasteiger partial charge in [0.15, 0.2) is 0 Å². The van der Waals surface area contributed by atoms with Crippen LogP contribution < -0.4 is 4.74 Å². The van der Waals surface area contributed by atoms with E-state index in [2.05, 4.69) is 55.1 Å². The molecule has 0 unspecified atom stereocenters. The second-order valence-corrected chi connectivity index (χ2v) is 5.68. The second-order valence-electron chi connectivity index (χ2n) is 5.68. The van der Waals surface area contributed by atoms with Gasteiger partial charge in [-0.3, -0.25) is 0 Å². The average Bonchev–Trinajstić information content (AvgIpc) is 2.60. The first-order valence-electron chi connectivity index (χ1n) is 8.17. The molecule has 0 aliphatic carbocycles. The molecule has 0 heterocycles. The van der Waals surface area contributed by atoms with Crippen LogP contribution in [0.2, 0.25) is 0 Å². The summed E-state index contributed by atoms with van der Waals surface area (Å²) >= 11 is 0. The fraction of sp³-hybridized carbons (Fsp3) is 0.182. The van der Waals surface area contributed by atoms with Crippen LogP contribution >= 0.6 is 0 Å². The Bertz CT molecular complexity index is 800. The van der Waals surface area contributed by atoms with Crippen LogP contribution in [0.15, 0.2) is 73.3 Å². The van der Waals surface area contributed by atoms with Gasteiger partial charge < -0.3 is 4.74 Å². The lowest BCUT2D eigenvalue weighted by Crippen LogP contribution is -1.90. The molecule has 0 aromatic heterocycles. The minimum atomic E-state index is 0.698. The summed E-state index contributed by atoms with van der Waals surface area (Å²) < 4.78 is 5.51. The molecule has 0 atom stereocenters. The third kappa shape index (κ3) is 3.62. The highest BCUT2D eigenvalue weighted by Gasteiger charge is 2.02. The zero-order valence-corrected chi connectivity index (χ0v) is 13.6. The standard InChI is InChI=1S/C22H22O/c1-3-5-6-17-7-8-21-16-20(10-9-19(21)15-17)18-11-13-22(14-12-18)23-4-2/h3,7-16H,1,4-6H2,2H3. The van der Waals surface area contributed by atoms with Crippen molar-refractivity contribution in [3.05, 3.63) is 78.9 Å². The lowest BCUT2D eigenvalue weighted by molar-refractivity contribution is 0.340. The minimum absolute atomic E-state index is 0.698. The molecule has 3 aromatic rings. The number of benzene rings is 3.